The van der Waals surface area contributed by atoms with Crippen molar-refractivity contribution in [3.05, 3.63) is 27.2 Å². The van der Waals surface area contributed by atoms with Gasteiger partial charge in [-0.1, -0.05) is 15.9 Å². The molecule has 1 aromatic carbocycles. The zero-order valence-electron chi connectivity index (χ0n) is 10.0. The van der Waals surface area contributed by atoms with E-state index in [-0.39, 0.29) is 5.54 Å². The SMILES string of the molecule is Cc1cc(Br)c(C)c(O)c1C1(C)CCCN1. The van der Waals surface area contributed by atoms with Gasteiger partial charge in [-0.3, -0.25) is 0 Å². The molecule has 0 bridgehead atoms. The number of hydrogen-bond acceptors (Lipinski definition) is 2. The second kappa shape index (κ2) is 4.04. The van der Waals surface area contributed by atoms with Crippen molar-refractivity contribution in [3.63, 3.8) is 0 Å². The Bertz CT molecular complexity index is 422. The second-order valence-electron chi connectivity index (χ2n) is 4.89. The summed E-state index contributed by atoms with van der Waals surface area (Å²) in [6.45, 7) is 7.21. The number of phenolic OH excluding ortho intramolecular Hbond substituents is 1. The lowest BCUT2D eigenvalue weighted by Gasteiger charge is -2.29. The van der Waals surface area contributed by atoms with Gasteiger partial charge in [0.15, 0.2) is 0 Å². The van der Waals surface area contributed by atoms with E-state index in [1.165, 1.54) is 6.42 Å². The van der Waals surface area contributed by atoms with Crippen LogP contribution < -0.4 is 5.32 Å². The minimum absolute atomic E-state index is 0.0698. The highest BCUT2D eigenvalue weighted by molar-refractivity contribution is 9.10. The highest BCUT2D eigenvalue weighted by Gasteiger charge is 2.34. The minimum Gasteiger partial charge on any atom is -0.507 e. The quantitative estimate of drug-likeness (QED) is 0.828. The van der Waals surface area contributed by atoms with E-state index in [1.54, 1.807) is 0 Å². The van der Waals surface area contributed by atoms with Gasteiger partial charge in [-0.15, -0.1) is 0 Å². The molecule has 1 saturated heterocycles. The monoisotopic (exact) mass is 283 g/mol. The molecule has 2 nitrogen and oxygen atoms in total. The van der Waals surface area contributed by atoms with Crippen LogP contribution in [-0.2, 0) is 5.54 Å². The van der Waals surface area contributed by atoms with Crippen LogP contribution >= 0.6 is 15.9 Å². The summed E-state index contributed by atoms with van der Waals surface area (Å²) in [5, 5.41) is 13.8. The largest absolute Gasteiger partial charge is 0.507 e. The predicted octanol–water partition coefficient (Wildman–Crippen LogP) is 3.37. The Morgan fingerprint density at radius 2 is 2.12 bits per heavy atom. The first-order valence-electron chi connectivity index (χ1n) is 5.70. The summed E-state index contributed by atoms with van der Waals surface area (Å²) >= 11 is 3.48. The molecular weight excluding hydrogens is 266 g/mol. The van der Waals surface area contributed by atoms with E-state index in [1.807, 2.05) is 6.92 Å². The molecule has 0 aromatic heterocycles. The summed E-state index contributed by atoms with van der Waals surface area (Å²) < 4.78 is 0.979. The molecule has 0 amide bonds. The fourth-order valence-corrected chi connectivity index (χ4v) is 3.19. The molecule has 1 fully saturated rings. The molecule has 2 N–H and O–H groups in total. The average molecular weight is 284 g/mol. The Labute approximate surface area is 105 Å². The molecule has 1 atom stereocenters. The van der Waals surface area contributed by atoms with Gasteiger partial charge in [-0.25, -0.2) is 0 Å². The Balaban J connectivity index is 2.60. The summed E-state index contributed by atoms with van der Waals surface area (Å²) in [5.74, 6) is 0.434. The standard InChI is InChI=1S/C13H18BrNO/c1-8-7-10(14)9(2)12(16)11(8)13(3)5-4-6-15-13/h7,15-16H,4-6H2,1-3H3. The normalized spacial score (nSPS) is 25.0. The second-order valence-corrected chi connectivity index (χ2v) is 5.74. The van der Waals surface area contributed by atoms with Crippen LogP contribution in [0, 0.1) is 13.8 Å². The van der Waals surface area contributed by atoms with Gasteiger partial charge in [0.05, 0.1) is 0 Å². The molecule has 16 heavy (non-hydrogen) atoms. The Kier molecular flexibility index (Phi) is 3.01. The topological polar surface area (TPSA) is 32.3 Å². The Morgan fingerprint density at radius 1 is 1.44 bits per heavy atom. The molecule has 88 valence electrons. The third-order valence-electron chi connectivity index (χ3n) is 3.61. The van der Waals surface area contributed by atoms with Gasteiger partial charge in [0.25, 0.3) is 0 Å². The molecule has 2 rings (SSSR count). The number of hydrogen-bond donors (Lipinski definition) is 2. The molecule has 1 heterocycles. The molecule has 3 heteroatoms. The lowest BCUT2D eigenvalue weighted by Crippen LogP contribution is -2.34. The molecule has 0 spiro atoms. The van der Waals surface area contributed by atoms with Crippen molar-refractivity contribution in [2.24, 2.45) is 0 Å². The molecule has 1 aliphatic heterocycles. The summed E-state index contributed by atoms with van der Waals surface area (Å²) in [6, 6.07) is 2.09. The van der Waals surface area contributed by atoms with Crippen molar-refractivity contribution in [1.29, 1.82) is 0 Å². The molecule has 0 radical (unpaired) electrons. The van der Waals surface area contributed by atoms with Crippen LogP contribution in [0.15, 0.2) is 10.5 Å². The number of benzene rings is 1. The van der Waals surface area contributed by atoms with Crippen LogP contribution in [-0.4, -0.2) is 11.7 Å². The molecule has 0 aliphatic carbocycles. The third-order valence-corrected chi connectivity index (χ3v) is 4.43. The van der Waals surface area contributed by atoms with E-state index < -0.39 is 0 Å². The average Bonchev–Trinajstić information content (AvgIpc) is 2.62. The van der Waals surface area contributed by atoms with E-state index in [4.69, 9.17) is 0 Å². The number of aryl methyl sites for hydroxylation is 1. The van der Waals surface area contributed by atoms with Crippen molar-refractivity contribution >= 4 is 15.9 Å². The van der Waals surface area contributed by atoms with E-state index in [0.29, 0.717) is 5.75 Å². The van der Waals surface area contributed by atoms with Crippen molar-refractivity contribution in [1.82, 2.24) is 5.32 Å². The fourth-order valence-electron chi connectivity index (χ4n) is 2.66. The highest BCUT2D eigenvalue weighted by atomic mass is 79.9. The van der Waals surface area contributed by atoms with Gasteiger partial charge in [0.1, 0.15) is 5.75 Å². The van der Waals surface area contributed by atoms with Crippen LogP contribution in [0.4, 0.5) is 0 Å². The van der Waals surface area contributed by atoms with Crippen LogP contribution in [0.5, 0.6) is 5.75 Å². The Morgan fingerprint density at radius 3 is 2.69 bits per heavy atom. The first-order chi connectivity index (χ1) is 7.46. The van der Waals surface area contributed by atoms with Crippen molar-refractivity contribution in [3.8, 4) is 5.75 Å². The number of aromatic hydroxyl groups is 1. The van der Waals surface area contributed by atoms with Gasteiger partial charge >= 0.3 is 0 Å². The van der Waals surface area contributed by atoms with Gasteiger partial charge in [0, 0.05) is 21.1 Å². The predicted molar refractivity (Wildman–Crippen MR) is 69.9 cm³/mol. The van der Waals surface area contributed by atoms with Crippen molar-refractivity contribution in [2.45, 2.75) is 39.2 Å². The third kappa shape index (κ3) is 1.76. The van der Waals surface area contributed by atoms with E-state index in [9.17, 15) is 5.11 Å². The summed E-state index contributed by atoms with van der Waals surface area (Å²) in [4.78, 5) is 0. The zero-order valence-corrected chi connectivity index (χ0v) is 11.6. The molecular formula is C13H18BrNO. The maximum absolute atomic E-state index is 10.3. The van der Waals surface area contributed by atoms with Gasteiger partial charge in [0.2, 0.25) is 0 Å². The van der Waals surface area contributed by atoms with E-state index in [2.05, 4.69) is 41.2 Å². The zero-order chi connectivity index (χ0) is 11.9. The van der Waals surface area contributed by atoms with Crippen LogP contribution in [0.2, 0.25) is 0 Å². The smallest absolute Gasteiger partial charge is 0.124 e. The first-order valence-corrected chi connectivity index (χ1v) is 6.49. The van der Waals surface area contributed by atoms with Crippen LogP contribution in [0.1, 0.15) is 36.5 Å². The highest BCUT2D eigenvalue weighted by Crippen LogP contribution is 2.41. The maximum Gasteiger partial charge on any atom is 0.124 e. The van der Waals surface area contributed by atoms with Gasteiger partial charge < -0.3 is 10.4 Å². The van der Waals surface area contributed by atoms with Crippen molar-refractivity contribution in [2.75, 3.05) is 6.54 Å². The molecule has 1 unspecified atom stereocenters. The van der Waals surface area contributed by atoms with Gasteiger partial charge in [-0.2, -0.15) is 0 Å². The first kappa shape index (κ1) is 11.9. The summed E-state index contributed by atoms with van der Waals surface area (Å²) in [6.07, 6.45) is 2.26. The minimum atomic E-state index is -0.0698. The molecule has 1 aromatic rings. The van der Waals surface area contributed by atoms with Crippen LogP contribution in [0.3, 0.4) is 0 Å². The molecule has 1 aliphatic rings. The maximum atomic E-state index is 10.3. The Hall–Kier alpha value is -0.540. The lowest BCUT2D eigenvalue weighted by molar-refractivity contribution is 0.390. The summed E-state index contributed by atoms with van der Waals surface area (Å²) in [7, 11) is 0. The molecule has 0 saturated carbocycles. The summed E-state index contributed by atoms with van der Waals surface area (Å²) in [5.41, 5.74) is 3.06. The van der Waals surface area contributed by atoms with E-state index >= 15 is 0 Å². The lowest BCUT2D eigenvalue weighted by atomic mass is 9.85. The number of nitrogens with one attached hydrogen (secondary N) is 1. The number of phenols is 1. The number of rotatable bonds is 1. The van der Waals surface area contributed by atoms with E-state index in [0.717, 1.165) is 34.1 Å². The number of halogens is 1. The van der Waals surface area contributed by atoms with Crippen LogP contribution in [0.25, 0.3) is 0 Å². The fraction of sp³-hybridized carbons (Fsp3) is 0.538. The van der Waals surface area contributed by atoms with Crippen molar-refractivity contribution < 1.29 is 5.11 Å². The van der Waals surface area contributed by atoms with Gasteiger partial charge in [-0.05, 0) is 51.8 Å².